The SMILES string of the molecule is CCN(CC)C(CNCC(=O)c1ccc([N+](=O)[O-])cc1)c1ccco1. The molecular formula is C18H23N3O4. The Balaban J connectivity index is 1.94. The average molecular weight is 345 g/mol. The molecule has 2 rings (SSSR count). The number of likely N-dealkylation sites (N-methyl/N-ethyl adjacent to an activating group) is 1. The molecule has 25 heavy (non-hydrogen) atoms. The number of furan rings is 1. The number of carbonyl (C=O) groups is 1. The molecule has 7 nitrogen and oxygen atoms in total. The van der Waals surface area contributed by atoms with Crippen LogP contribution in [0.4, 0.5) is 5.69 Å². The van der Waals surface area contributed by atoms with Gasteiger partial charge < -0.3 is 9.73 Å². The number of benzene rings is 1. The number of ketones is 1. The number of Topliss-reactive ketones (excluding diaryl/α,β-unsaturated/α-hetero) is 1. The first-order valence-electron chi connectivity index (χ1n) is 8.32. The highest BCUT2D eigenvalue weighted by molar-refractivity contribution is 5.97. The maximum Gasteiger partial charge on any atom is 0.269 e. The molecule has 0 bridgehead atoms. The Kier molecular flexibility index (Phi) is 6.85. The van der Waals surface area contributed by atoms with Crippen molar-refractivity contribution in [3.05, 3.63) is 64.1 Å². The van der Waals surface area contributed by atoms with E-state index in [1.165, 1.54) is 24.3 Å². The lowest BCUT2D eigenvalue weighted by atomic mass is 10.1. The fourth-order valence-electron chi connectivity index (χ4n) is 2.75. The lowest BCUT2D eigenvalue weighted by Gasteiger charge is -2.28. The maximum absolute atomic E-state index is 12.2. The molecule has 1 N–H and O–H groups in total. The topological polar surface area (TPSA) is 88.6 Å². The van der Waals surface area contributed by atoms with Crippen molar-refractivity contribution >= 4 is 11.5 Å². The van der Waals surface area contributed by atoms with Crippen molar-refractivity contribution in [1.29, 1.82) is 0 Å². The Bertz CT molecular complexity index is 679. The summed E-state index contributed by atoms with van der Waals surface area (Å²) < 4.78 is 5.53. The minimum Gasteiger partial charge on any atom is -0.468 e. The minimum absolute atomic E-state index is 0.0241. The highest BCUT2D eigenvalue weighted by atomic mass is 16.6. The monoisotopic (exact) mass is 345 g/mol. The zero-order valence-electron chi connectivity index (χ0n) is 14.5. The number of nitro groups is 1. The van der Waals surface area contributed by atoms with E-state index < -0.39 is 4.92 Å². The van der Waals surface area contributed by atoms with Crippen LogP contribution >= 0.6 is 0 Å². The second-order valence-electron chi connectivity index (χ2n) is 5.61. The van der Waals surface area contributed by atoms with E-state index in [2.05, 4.69) is 24.1 Å². The lowest BCUT2D eigenvalue weighted by molar-refractivity contribution is -0.384. The first kappa shape index (κ1) is 18.8. The van der Waals surface area contributed by atoms with Crippen LogP contribution < -0.4 is 5.32 Å². The molecule has 1 aromatic carbocycles. The summed E-state index contributed by atoms with van der Waals surface area (Å²) >= 11 is 0. The fraction of sp³-hybridized carbons (Fsp3) is 0.389. The third-order valence-electron chi connectivity index (χ3n) is 4.15. The number of nitrogens with zero attached hydrogens (tertiary/aromatic N) is 2. The molecule has 0 aliphatic carbocycles. The van der Waals surface area contributed by atoms with Gasteiger partial charge >= 0.3 is 0 Å². The number of non-ortho nitro benzene ring substituents is 1. The van der Waals surface area contributed by atoms with Gasteiger partial charge in [0.05, 0.1) is 23.8 Å². The van der Waals surface area contributed by atoms with E-state index in [4.69, 9.17) is 4.42 Å². The van der Waals surface area contributed by atoms with Crippen molar-refractivity contribution in [3.8, 4) is 0 Å². The Morgan fingerprint density at radius 2 is 1.92 bits per heavy atom. The van der Waals surface area contributed by atoms with E-state index in [0.717, 1.165) is 18.8 Å². The molecular weight excluding hydrogens is 322 g/mol. The van der Waals surface area contributed by atoms with Gasteiger partial charge in [-0.3, -0.25) is 19.8 Å². The molecule has 0 saturated heterocycles. The molecule has 0 spiro atoms. The number of hydrogen-bond donors (Lipinski definition) is 1. The largest absolute Gasteiger partial charge is 0.468 e. The summed E-state index contributed by atoms with van der Waals surface area (Å²) in [5.74, 6) is 0.756. The molecule has 134 valence electrons. The smallest absolute Gasteiger partial charge is 0.269 e. The molecule has 0 saturated carbocycles. The summed E-state index contributed by atoms with van der Waals surface area (Å²) in [4.78, 5) is 24.7. The van der Waals surface area contributed by atoms with Crippen LogP contribution in [0.3, 0.4) is 0 Å². The Morgan fingerprint density at radius 1 is 1.24 bits per heavy atom. The standard InChI is InChI=1S/C18H23N3O4/c1-3-20(4-2)16(18-6-5-11-25-18)12-19-13-17(22)14-7-9-15(10-8-14)21(23)24/h5-11,16,19H,3-4,12-13H2,1-2H3. The van der Waals surface area contributed by atoms with E-state index >= 15 is 0 Å². The van der Waals surface area contributed by atoms with Crippen LogP contribution in [0.25, 0.3) is 0 Å². The van der Waals surface area contributed by atoms with Crippen molar-refractivity contribution in [2.24, 2.45) is 0 Å². The van der Waals surface area contributed by atoms with E-state index in [1.807, 2.05) is 12.1 Å². The van der Waals surface area contributed by atoms with Gasteiger partial charge in [0.2, 0.25) is 0 Å². The zero-order chi connectivity index (χ0) is 18.2. The Morgan fingerprint density at radius 3 is 2.44 bits per heavy atom. The molecule has 1 aromatic heterocycles. The third-order valence-corrected chi connectivity index (χ3v) is 4.15. The van der Waals surface area contributed by atoms with Gasteiger partial charge in [0.1, 0.15) is 5.76 Å². The molecule has 1 atom stereocenters. The molecule has 0 radical (unpaired) electrons. The Labute approximate surface area is 146 Å². The maximum atomic E-state index is 12.2. The van der Waals surface area contributed by atoms with Gasteiger partial charge in [-0.1, -0.05) is 13.8 Å². The molecule has 1 heterocycles. The third kappa shape index (κ3) is 4.98. The number of rotatable bonds is 10. The predicted molar refractivity (Wildman–Crippen MR) is 94.7 cm³/mol. The Hall–Kier alpha value is -2.51. The van der Waals surface area contributed by atoms with Crippen LogP contribution in [-0.2, 0) is 0 Å². The van der Waals surface area contributed by atoms with Crippen LogP contribution in [0, 0.1) is 10.1 Å². The van der Waals surface area contributed by atoms with E-state index in [-0.39, 0.29) is 24.1 Å². The first-order chi connectivity index (χ1) is 12.1. The molecule has 0 amide bonds. The number of nitrogens with one attached hydrogen (secondary N) is 1. The summed E-state index contributed by atoms with van der Waals surface area (Å²) in [5.41, 5.74) is 0.430. The second-order valence-corrected chi connectivity index (χ2v) is 5.61. The summed E-state index contributed by atoms with van der Waals surface area (Å²) in [6.45, 7) is 6.66. The lowest BCUT2D eigenvalue weighted by Crippen LogP contribution is -2.37. The molecule has 2 aromatic rings. The highest BCUT2D eigenvalue weighted by Crippen LogP contribution is 2.20. The van der Waals surface area contributed by atoms with Gasteiger partial charge in [0, 0.05) is 24.2 Å². The van der Waals surface area contributed by atoms with E-state index in [9.17, 15) is 14.9 Å². The predicted octanol–water partition coefficient (Wildman–Crippen LogP) is 3.04. The van der Waals surface area contributed by atoms with Gasteiger partial charge in [-0.25, -0.2) is 0 Å². The molecule has 0 aliphatic heterocycles. The van der Waals surface area contributed by atoms with Gasteiger partial charge in [0.15, 0.2) is 5.78 Å². The number of nitro benzene ring substituents is 1. The molecule has 7 heteroatoms. The van der Waals surface area contributed by atoms with E-state index in [1.54, 1.807) is 6.26 Å². The van der Waals surface area contributed by atoms with Crippen molar-refractivity contribution in [3.63, 3.8) is 0 Å². The molecule has 0 fully saturated rings. The average Bonchev–Trinajstić information content (AvgIpc) is 3.15. The summed E-state index contributed by atoms with van der Waals surface area (Å²) in [7, 11) is 0. The van der Waals surface area contributed by atoms with Crippen LogP contribution in [0.5, 0.6) is 0 Å². The van der Waals surface area contributed by atoms with Gasteiger partial charge in [-0.2, -0.15) is 0 Å². The zero-order valence-corrected chi connectivity index (χ0v) is 14.5. The molecule has 0 aliphatic rings. The number of carbonyl (C=O) groups excluding carboxylic acids is 1. The van der Waals surface area contributed by atoms with Crippen molar-refractivity contribution in [2.75, 3.05) is 26.2 Å². The van der Waals surface area contributed by atoms with Crippen molar-refractivity contribution < 1.29 is 14.1 Å². The van der Waals surface area contributed by atoms with Crippen LogP contribution in [0.2, 0.25) is 0 Å². The van der Waals surface area contributed by atoms with Crippen molar-refractivity contribution in [2.45, 2.75) is 19.9 Å². The van der Waals surface area contributed by atoms with E-state index in [0.29, 0.717) is 12.1 Å². The molecule has 1 unspecified atom stereocenters. The first-order valence-corrected chi connectivity index (χ1v) is 8.32. The normalized spacial score (nSPS) is 12.3. The van der Waals surface area contributed by atoms with Crippen LogP contribution in [0.15, 0.2) is 47.1 Å². The van der Waals surface area contributed by atoms with Crippen LogP contribution in [0.1, 0.15) is 36.0 Å². The summed E-state index contributed by atoms with van der Waals surface area (Å²) in [6.07, 6.45) is 1.65. The minimum atomic E-state index is -0.482. The summed E-state index contributed by atoms with van der Waals surface area (Å²) in [6, 6.07) is 9.49. The van der Waals surface area contributed by atoms with Gasteiger partial charge in [-0.05, 0) is 37.4 Å². The quantitative estimate of drug-likeness (QED) is 0.404. The van der Waals surface area contributed by atoms with Crippen LogP contribution in [-0.4, -0.2) is 41.8 Å². The summed E-state index contributed by atoms with van der Waals surface area (Å²) in [5, 5.41) is 13.8. The number of hydrogen-bond acceptors (Lipinski definition) is 6. The van der Waals surface area contributed by atoms with Gasteiger partial charge in [-0.15, -0.1) is 0 Å². The highest BCUT2D eigenvalue weighted by Gasteiger charge is 2.20. The fourth-order valence-corrected chi connectivity index (χ4v) is 2.75. The second kappa shape index (κ2) is 9.10. The van der Waals surface area contributed by atoms with Gasteiger partial charge in [0.25, 0.3) is 5.69 Å². The van der Waals surface area contributed by atoms with Crippen molar-refractivity contribution in [1.82, 2.24) is 10.2 Å².